The Morgan fingerprint density at radius 3 is 2.37 bits per heavy atom. The standard InChI is InChI=1S/C15H12F2O2/c1-19-15-7-4-11(9-13(15)17)14(18)8-10-2-5-12(16)6-3-10/h2-7,9H,8H2,1H3. The highest BCUT2D eigenvalue weighted by Crippen LogP contribution is 2.19. The SMILES string of the molecule is COc1ccc(C(=O)Cc2ccc(F)cc2)cc1F. The molecule has 98 valence electrons. The van der Waals surface area contributed by atoms with Crippen LogP contribution in [0.15, 0.2) is 42.5 Å². The molecule has 0 bridgehead atoms. The van der Waals surface area contributed by atoms with Gasteiger partial charge in [-0.25, -0.2) is 8.78 Å². The molecule has 0 aromatic heterocycles. The first-order chi connectivity index (χ1) is 9.10. The molecule has 0 unspecified atom stereocenters. The van der Waals surface area contributed by atoms with Gasteiger partial charge in [-0.15, -0.1) is 0 Å². The van der Waals surface area contributed by atoms with E-state index >= 15 is 0 Å². The summed E-state index contributed by atoms with van der Waals surface area (Å²) in [6.45, 7) is 0. The van der Waals surface area contributed by atoms with Gasteiger partial charge in [0.25, 0.3) is 0 Å². The molecular formula is C15H12F2O2. The Balaban J connectivity index is 2.16. The van der Waals surface area contributed by atoms with Gasteiger partial charge in [0.2, 0.25) is 0 Å². The van der Waals surface area contributed by atoms with E-state index in [1.54, 1.807) is 0 Å². The van der Waals surface area contributed by atoms with Crippen LogP contribution in [0.25, 0.3) is 0 Å². The summed E-state index contributed by atoms with van der Waals surface area (Å²) in [4.78, 5) is 11.9. The van der Waals surface area contributed by atoms with Gasteiger partial charge in [0.15, 0.2) is 17.3 Å². The highest BCUT2D eigenvalue weighted by atomic mass is 19.1. The number of ketones is 1. The van der Waals surface area contributed by atoms with Crippen molar-refractivity contribution in [1.29, 1.82) is 0 Å². The van der Waals surface area contributed by atoms with E-state index in [-0.39, 0.29) is 29.3 Å². The number of hydrogen-bond donors (Lipinski definition) is 0. The van der Waals surface area contributed by atoms with Crippen molar-refractivity contribution in [1.82, 2.24) is 0 Å². The number of ether oxygens (including phenoxy) is 1. The van der Waals surface area contributed by atoms with Crippen LogP contribution in [0.1, 0.15) is 15.9 Å². The average molecular weight is 262 g/mol. The molecule has 0 amide bonds. The molecule has 0 aliphatic heterocycles. The normalized spacial score (nSPS) is 10.3. The first kappa shape index (κ1) is 13.2. The topological polar surface area (TPSA) is 26.3 Å². The molecular weight excluding hydrogens is 250 g/mol. The van der Waals surface area contributed by atoms with Crippen LogP contribution in [0.3, 0.4) is 0 Å². The largest absolute Gasteiger partial charge is 0.494 e. The second-order valence-corrected chi connectivity index (χ2v) is 4.08. The number of halogens is 2. The number of carbonyl (C=O) groups excluding carboxylic acids is 1. The number of methoxy groups -OCH3 is 1. The first-order valence-corrected chi connectivity index (χ1v) is 5.71. The Morgan fingerprint density at radius 2 is 1.79 bits per heavy atom. The number of carbonyl (C=O) groups is 1. The quantitative estimate of drug-likeness (QED) is 0.789. The Morgan fingerprint density at radius 1 is 1.11 bits per heavy atom. The molecule has 0 saturated heterocycles. The van der Waals surface area contributed by atoms with Crippen LogP contribution in [-0.4, -0.2) is 12.9 Å². The molecule has 0 radical (unpaired) electrons. The third-order valence-corrected chi connectivity index (χ3v) is 2.75. The van der Waals surface area contributed by atoms with Crippen molar-refractivity contribution < 1.29 is 18.3 Å². The third-order valence-electron chi connectivity index (χ3n) is 2.75. The van der Waals surface area contributed by atoms with Gasteiger partial charge < -0.3 is 4.74 Å². The molecule has 2 aromatic rings. The summed E-state index contributed by atoms with van der Waals surface area (Å²) in [5, 5.41) is 0. The second-order valence-electron chi connectivity index (χ2n) is 4.08. The van der Waals surface area contributed by atoms with E-state index < -0.39 is 5.82 Å². The molecule has 2 nitrogen and oxygen atoms in total. The van der Waals surface area contributed by atoms with E-state index in [0.29, 0.717) is 5.56 Å². The van der Waals surface area contributed by atoms with Crippen molar-refractivity contribution in [2.24, 2.45) is 0 Å². The van der Waals surface area contributed by atoms with Gasteiger partial charge >= 0.3 is 0 Å². The van der Waals surface area contributed by atoms with E-state index in [1.807, 2.05) is 0 Å². The van der Waals surface area contributed by atoms with Gasteiger partial charge in [-0.05, 0) is 35.9 Å². The molecule has 0 heterocycles. The van der Waals surface area contributed by atoms with Crippen molar-refractivity contribution in [2.75, 3.05) is 7.11 Å². The first-order valence-electron chi connectivity index (χ1n) is 5.71. The fourth-order valence-corrected chi connectivity index (χ4v) is 1.73. The fourth-order valence-electron chi connectivity index (χ4n) is 1.73. The van der Waals surface area contributed by atoms with Crippen LogP contribution >= 0.6 is 0 Å². The highest BCUT2D eigenvalue weighted by Gasteiger charge is 2.11. The molecule has 2 rings (SSSR count). The number of Topliss-reactive ketones (excluding diaryl/α,β-unsaturated/α-hetero) is 1. The molecule has 0 atom stereocenters. The van der Waals surface area contributed by atoms with Gasteiger partial charge in [0.1, 0.15) is 5.82 Å². The van der Waals surface area contributed by atoms with Gasteiger partial charge in [0, 0.05) is 12.0 Å². The predicted molar refractivity (Wildman–Crippen MR) is 67.4 cm³/mol. The van der Waals surface area contributed by atoms with E-state index in [0.717, 1.165) is 6.07 Å². The molecule has 2 aromatic carbocycles. The van der Waals surface area contributed by atoms with Crippen LogP contribution in [0.5, 0.6) is 5.75 Å². The van der Waals surface area contributed by atoms with Gasteiger partial charge in [0.05, 0.1) is 7.11 Å². The number of rotatable bonds is 4. The van der Waals surface area contributed by atoms with Crippen molar-refractivity contribution in [3.05, 3.63) is 65.2 Å². The summed E-state index contributed by atoms with van der Waals surface area (Å²) in [7, 11) is 1.36. The minimum atomic E-state index is -0.576. The van der Waals surface area contributed by atoms with Gasteiger partial charge in [-0.1, -0.05) is 12.1 Å². The van der Waals surface area contributed by atoms with Crippen LogP contribution in [0.2, 0.25) is 0 Å². The van der Waals surface area contributed by atoms with Gasteiger partial charge in [-0.2, -0.15) is 0 Å². The van der Waals surface area contributed by atoms with Gasteiger partial charge in [-0.3, -0.25) is 4.79 Å². The molecule has 0 aliphatic carbocycles. The lowest BCUT2D eigenvalue weighted by Gasteiger charge is -2.05. The zero-order chi connectivity index (χ0) is 13.8. The molecule has 0 fully saturated rings. The Hall–Kier alpha value is -2.23. The van der Waals surface area contributed by atoms with Crippen LogP contribution in [0.4, 0.5) is 8.78 Å². The lowest BCUT2D eigenvalue weighted by Crippen LogP contribution is -2.04. The minimum absolute atomic E-state index is 0.0957. The van der Waals surface area contributed by atoms with Crippen molar-refractivity contribution in [2.45, 2.75) is 6.42 Å². The smallest absolute Gasteiger partial charge is 0.167 e. The summed E-state index contributed by atoms with van der Waals surface area (Å²) in [5.74, 6) is -1.06. The lowest BCUT2D eigenvalue weighted by molar-refractivity contribution is 0.0992. The van der Waals surface area contributed by atoms with E-state index in [9.17, 15) is 13.6 Å². The number of benzene rings is 2. The summed E-state index contributed by atoms with van der Waals surface area (Å²) in [6.07, 6.45) is 0.103. The van der Waals surface area contributed by atoms with Crippen LogP contribution in [0, 0.1) is 11.6 Å². The summed E-state index contributed by atoms with van der Waals surface area (Å²) in [5.41, 5.74) is 0.949. The molecule has 0 N–H and O–H groups in total. The zero-order valence-corrected chi connectivity index (χ0v) is 10.3. The van der Waals surface area contributed by atoms with Crippen molar-refractivity contribution in [3.63, 3.8) is 0 Å². The third kappa shape index (κ3) is 3.16. The number of hydrogen-bond acceptors (Lipinski definition) is 2. The molecule has 4 heteroatoms. The van der Waals surface area contributed by atoms with E-state index in [1.165, 1.54) is 43.5 Å². The van der Waals surface area contributed by atoms with Crippen molar-refractivity contribution in [3.8, 4) is 5.75 Å². The van der Waals surface area contributed by atoms with Crippen LogP contribution in [-0.2, 0) is 6.42 Å². The summed E-state index contributed by atoms with van der Waals surface area (Å²) < 4.78 is 31.0. The minimum Gasteiger partial charge on any atom is -0.494 e. The molecule has 0 aliphatic rings. The predicted octanol–water partition coefficient (Wildman–Crippen LogP) is 3.40. The Bertz CT molecular complexity index is 592. The van der Waals surface area contributed by atoms with E-state index in [2.05, 4.69) is 0 Å². The monoisotopic (exact) mass is 262 g/mol. The zero-order valence-electron chi connectivity index (χ0n) is 10.3. The maximum Gasteiger partial charge on any atom is 0.167 e. The maximum absolute atomic E-state index is 13.5. The second kappa shape index (κ2) is 5.61. The molecule has 0 saturated carbocycles. The average Bonchev–Trinajstić information content (AvgIpc) is 2.41. The summed E-state index contributed by atoms with van der Waals surface area (Å²) >= 11 is 0. The Labute approximate surface area is 109 Å². The maximum atomic E-state index is 13.5. The molecule has 19 heavy (non-hydrogen) atoms. The van der Waals surface area contributed by atoms with Crippen molar-refractivity contribution >= 4 is 5.78 Å². The lowest BCUT2D eigenvalue weighted by atomic mass is 10.0. The fraction of sp³-hybridized carbons (Fsp3) is 0.133. The van der Waals surface area contributed by atoms with E-state index in [4.69, 9.17) is 4.74 Å². The Kier molecular flexibility index (Phi) is 3.90. The molecule has 0 spiro atoms. The highest BCUT2D eigenvalue weighted by molar-refractivity contribution is 5.97. The summed E-state index contributed by atoms with van der Waals surface area (Å²) in [6, 6.07) is 9.71. The van der Waals surface area contributed by atoms with Crippen LogP contribution < -0.4 is 4.74 Å².